The van der Waals surface area contributed by atoms with Crippen LogP contribution in [0.25, 0.3) is 0 Å². The molecule has 0 bridgehead atoms. The molecule has 0 radical (unpaired) electrons. The maximum atomic E-state index is 8.47. The molecule has 1 N–H and O–H groups in total. The Morgan fingerprint density at radius 1 is 1.46 bits per heavy atom. The maximum absolute atomic E-state index is 8.47. The van der Waals surface area contributed by atoms with Gasteiger partial charge in [-0.25, -0.2) is 0 Å². The lowest BCUT2D eigenvalue weighted by atomic mass is 10.2. The average molecular weight is 178 g/mol. The van der Waals surface area contributed by atoms with E-state index in [4.69, 9.17) is 5.11 Å². The van der Waals surface area contributed by atoms with Crippen molar-refractivity contribution in [3.8, 4) is 11.8 Å². The highest BCUT2D eigenvalue weighted by molar-refractivity contribution is 5.27. The molecule has 0 amide bonds. The second-order valence-corrected chi connectivity index (χ2v) is 2.87. The van der Waals surface area contributed by atoms with Gasteiger partial charge in [-0.15, -0.1) is 0 Å². The molecule has 0 atom stereocenters. The normalized spacial score (nSPS) is 9.69. The van der Waals surface area contributed by atoms with Crippen LogP contribution in [-0.2, 0) is 0 Å². The van der Waals surface area contributed by atoms with Gasteiger partial charge in [-0.3, -0.25) is 0 Å². The SMILES string of the molecule is C=C(C#CCCCC)C/C=C/CO. The Hall–Kier alpha value is -1.00. The molecule has 0 saturated carbocycles. The van der Waals surface area contributed by atoms with Gasteiger partial charge in [0.25, 0.3) is 0 Å². The van der Waals surface area contributed by atoms with E-state index in [-0.39, 0.29) is 6.61 Å². The zero-order valence-electron chi connectivity index (χ0n) is 8.34. The molecule has 0 aromatic rings. The molecule has 13 heavy (non-hydrogen) atoms. The zero-order chi connectivity index (χ0) is 9.94. The van der Waals surface area contributed by atoms with Crippen molar-refractivity contribution in [3.63, 3.8) is 0 Å². The van der Waals surface area contributed by atoms with Crippen LogP contribution in [0.3, 0.4) is 0 Å². The number of allylic oxidation sites excluding steroid dienone is 2. The summed E-state index contributed by atoms with van der Waals surface area (Å²) in [4.78, 5) is 0. The van der Waals surface area contributed by atoms with Gasteiger partial charge in [-0.1, -0.05) is 43.9 Å². The minimum atomic E-state index is 0.0938. The van der Waals surface area contributed by atoms with Gasteiger partial charge in [0.15, 0.2) is 0 Å². The first-order chi connectivity index (χ1) is 6.31. The van der Waals surface area contributed by atoms with E-state index in [2.05, 4.69) is 25.3 Å². The van der Waals surface area contributed by atoms with Gasteiger partial charge >= 0.3 is 0 Å². The largest absolute Gasteiger partial charge is 0.392 e. The Labute approximate surface area is 81.2 Å². The van der Waals surface area contributed by atoms with Crippen LogP contribution >= 0.6 is 0 Å². The molecule has 0 aliphatic rings. The standard InChI is InChI=1S/C12H18O/c1-3-4-5-6-9-12(2)10-7-8-11-13/h7-8,13H,2-5,10-11H2,1H3/b8-7+. The summed E-state index contributed by atoms with van der Waals surface area (Å²) in [5, 5.41) is 8.47. The Morgan fingerprint density at radius 2 is 2.23 bits per heavy atom. The average Bonchev–Trinajstić information content (AvgIpc) is 2.13. The van der Waals surface area contributed by atoms with Crippen LogP contribution in [0.1, 0.15) is 32.6 Å². The molecule has 72 valence electrons. The number of unbranched alkanes of at least 4 members (excludes halogenated alkanes) is 2. The van der Waals surface area contributed by atoms with Crippen LogP contribution in [0.5, 0.6) is 0 Å². The van der Waals surface area contributed by atoms with Gasteiger partial charge < -0.3 is 5.11 Å². The molecule has 0 saturated heterocycles. The molecule has 0 unspecified atom stereocenters. The summed E-state index contributed by atoms with van der Waals surface area (Å²) in [5.74, 6) is 6.07. The van der Waals surface area contributed by atoms with E-state index in [1.165, 1.54) is 6.42 Å². The summed E-state index contributed by atoms with van der Waals surface area (Å²) in [6.45, 7) is 6.06. The Bertz CT molecular complexity index is 215. The van der Waals surface area contributed by atoms with E-state index in [0.29, 0.717) is 0 Å². The molecule has 0 spiro atoms. The lowest BCUT2D eigenvalue weighted by Crippen LogP contribution is -1.76. The van der Waals surface area contributed by atoms with Crippen LogP contribution < -0.4 is 0 Å². The van der Waals surface area contributed by atoms with E-state index in [9.17, 15) is 0 Å². The maximum Gasteiger partial charge on any atom is 0.0612 e. The molecule has 0 aromatic carbocycles. The van der Waals surface area contributed by atoms with Gasteiger partial charge in [0, 0.05) is 6.42 Å². The molecule has 0 rings (SSSR count). The van der Waals surface area contributed by atoms with Crippen LogP contribution in [0.4, 0.5) is 0 Å². The van der Waals surface area contributed by atoms with Crippen molar-refractivity contribution in [2.45, 2.75) is 32.6 Å². The highest BCUT2D eigenvalue weighted by atomic mass is 16.2. The number of aliphatic hydroxyl groups excluding tert-OH is 1. The summed E-state index contributed by atoms with van der Waals surface area (Å²) >= 11 is 0. The van der Waals surface area contributed by atoms with Crippen molar-refractivity contribution >= 4 is 0 Å². The van der Waals surface area contributed by atoms with Gasteiger partial charge in [0.1, 0.15) is 0 Å². The van der Waals surface area contributed by atoms with Crippen LogP contribution in [0, 0.1) is 11.8 Å². The molecule has 0 aromatic heterocycles. The van der Waals surface area contributed by atoms with Crippen molar-refractivity contribution < 1.29 is 5.11 Å². The summed E-state index contributed by atoms with van der Waals surface area (Å²) in [6.07, 6.45) is 7.65. The number of hydrogen-bond donors (Lipinski definition) is 1. The highest BCUT2D eigenvalue weighted by Crippen LogP contribution is 1.98. The third-order valence-corrected chi connectivity index (χ3v) is 1.56. The smallest absolute Gasteiger partial charge is 0.0612 e. The fraction of sp³-hybridized carbons (Fsp3) is 0.500. The Balaban J connectivity index is 3.58. The number of aliphatic hydroxyl groups is 1. The number of hydrogen-bond acceptors (Lipinski definition) is 1. The highest BCUT2D eigenvalue weighted by Gasteiger charge is 1.83. The zero-order valence-corrected chi connectivity index (χ0v) is 8.34. The first-order valence-corrected chi connectivity index (χ1v) is 4.73. The Kier molecular flexibility index (Phi) is 8.39. The van der Waals surface area contributed by atoms with E-state index in [1.807, 2.05) is 6.08 Å². The molecule has 0 fully saturated rings. The second kappa shape index (κ2) is 9.09. The summed E-state index contributed by atoms with van der Waals surface area (Å²) in [5.41, 5.74) is 0.917. The lowest BCUT2D eigenvalue weighted by Gasteiger charge is -1.89. The van der Waals surface area contributed by atoms with Crippen molar-refractivity contribution in [1.29, 1.82) is 0 Å². The minimum Gasteiger partial charge on any atom is -0.392 e. The van der Waals surface area contributed by atoms with E-state index in [0.717, 1.165) is 24.8 Å². The predicted molar refractivity (Wildman–Crippen MR) is 57.3 cm³/mol. The molecule has 0 aliphatic carbocycles. The summed E-state index contributed by atoms with van der Waals surface area (Å²) in [7, 11) is 0. The molecule has 1 nitrogen and oxygen atoms in total. The van der Waals surface area contributed by atoms with Crippen LogP contribution in [0.15, 0.2) is 24.3 Å². The fourth-order valence-electron chi connectivity index (χ4n) is 0.804. The van der Waals surface area contributed by atoms with Crippen molar-refractivity contribution in [2.24, 2.45) is 0 Å². The lowest BCUT2D eigenvalue weighted by molar-refractivity contribution is 0.342. The topological polar surface area (TPSA) is 20.2 Å². The predicted octanol–water partition coefficient (Wildman–Crippen LogP) is 2.67. The molecule has 0 aliphatic heterocycles. The third-order valence-electron chi connectivity index (χ3n) is 1.56. The molecular weight excluding hydrogens is 160 g/mol. The monoisotopic (exact) mass is 178 g/mol. The van der Waals surface area contributed by atoms with Gasteiger partial charge in [0.05, 0.1) is 6.61 Å². The molecule has 1 heteroatoms. The first kappa shape index (κ1) is 12.0. The third kappa shape index (κ3) is 8.91. The van der Waals surface area contributed by atoms with E-state index < -0.39 is 0 Å². The van der Waals surface area contributed by atoms with Crippen LogP contribution in [-0.4, -0.2) is 11.7 Å². The van der Waals surface area contributed by atoms with Gasteiger partial charge in [0.2, 0.25) is 0 Å². The van der Waals surface area contributed by atoms with Gasteiger partial charge in [-0.05, 0) is 18.4 Å². The number of rotatable bonds is 5. The Morgan fingerprint density at radius 3 is 2.85 bits per heavy atom. The second-order valence-electron chi connectivity index (χ2n) is 2.87. The van der Waals surface area contributed by atoms with Gasteiger partial charge in [-0.2, -0.15) is 0 Å². The minimum absolute atomic E-state index is 0.0938. The first-order valence-electron chi connectivity index (χ1n) is 4.73. The molecular formula is C12H18O. The van der Waals surface area contributed by atoms with Crippen molar-refractivity contribution in [3.05, 3.63) is 24.3 Å². The van der Waals surface area contributed by atoms with E-state index >= 15 is 0 Å². The van der Waals surface area contributed by atoms with Crippen molar-refractivity contribution in [1.82, 2.24) is 0 Å². The fourth-order valence-corrected chi connectivity index (χ4v) is 0.804. The quantitative estimate of drug-likeness (QED) is 0.390. The van der Waals surface area contributed by atoms with E-state index in [1.54, 1.807) is 6.08 Å². The van der Waals surface area contributed by atoms with Crippen LogP contribution in [0.2, 0.25) is 0 Å². The summed E-state index contributed by atoms with van der Waals surface area (Å²) < 4.78 is 0. The summed E-state index contributed by atoms with van der Waals surface area (Å²) in [6, 6.07) is 0. The molecule has 0 heterocycles. The van der Waals surface area contributed by atoms with Crippen molar-refractivity contribution in [2.75, 3.05) is 6.61 Å².